The highest BCUT2D eigenvalue weighted by atomic mass is 19.1. The molecule has 6 heteroatoms. The van der Waals surface area contributed by atoms with Crippen molar-refractivity contribution < 1.29 is 9.18 Å². The van der Waals surface area contributed by atoms with Crippen LogP contribution in [0.2, 0.25) is 0 Å². The van der Waals surface area contributed by atoms with Crippen LogP contribution in [-0.2, 0) is 7.05 Å². The molecule has 2 rings (SSSR count). The molecule has 102 valence electrons. The van der Waals surface area contributed by atoms with Crippen molar-refractivity contribution in [3.63, 3.8) is 0 Å². The molecule has 5 nitrogen and oxygen atoms in total. The van der Waals surface area contributed by atoms with E-state index in [2.05, 4.69) is 22.3 Å². The molecule has 0 radical (unpaired) electrons. The van der Waals surface area contributed by atoms with E-state index in [1.165, 1.54) is 29.1 Å². The predicted molar refractivity (Wildman–Crippen MR) is 73.5 cm³/mol. The average Bonchev–Trinajstić information content (AvgIpc) is 2.85. The summed E-state index contributed by atoms with van der Waals surface area (Å²) in [5, 5.41) is 6.60. The van der Waals surface area contributed by atoms with Crippen LogP contribution in [0.5, 0.6) is 0 Å². The fraction of sp³-hybridized carbons (Fsp3) is 0.143. The minimum Gasteiger partial charge on any atom is -0.320 e. The van der Waals surface area contributed by atoms with Crippen molar-refractivity contribution in [1.29, 1.82) is 0 Å². The molecule has 1 aromatic carbocycles. The minimum absolute atomic E-state index is 0.158. The number of carbonyl (C=O) groups excluding carboxylic acids is 1. The number of hydrogen-bond acceptors (Lipinski definition) is 3. The van der Waals surface area contributed by atoms with Crippen LogP contribution in [0.15, 0.2) is 30.5 Å². The van der Waals surface area contributed by atoms with Crippen molar-refractivity contribution in [3.8, 4) is 11.8 Å². The molecular formula is C14H13FN4O. The van der Waals surface area contributed by atoms with Crippen molar-refractivity contribution >= 4 is 11.6 Å². The van der Waals surface area contributed by atoms with Crippen molar-refractivity contribution in [3.05, 3.63) is 47.5 Å². The molecule has 20 heavy (non-hydrogen) atoms. The molecule has 2 aromatic rings. The Labute approximate surface area is 115 Å². The van der Waals surface area contributed by atoms with Gasteiger partial charge in [-0.25, -0.2) is 4.39 Å². The van der Waals surface area contributed by atoms with E-state index in [1.807, 2.05) is 0 Å². The Morgan fingerprint density at radius 3 is 2.95 bits per heavy atom. The molecule has 3 N–H and O–H groups in total. The summed E-state index contributed by atoms with van der Waals surface area (Å²) in [6, 6.07) is 5.56. The number of carbonyl (C=O) groups is 1. The van der Waals surface area contributed by atoms with Crippen LogP contribution in [0, 0.1) is 17.7 Å². The monoisotopic (exact) mass is 272 g/mol. The molecular weight excluding hydrogens is 259 g/mol. The van der Waals surface area contributed by atoms with E-state index in [0.717, 1.165) is 0 Å². The maximum absolute atomic E-state index is 13.2. The number of aromatic nitrogens is 2. The van der Waals surface area contributed by atoms with Crippen LogP contribution in [0.25, 0.3) is 0 Å². The molecule has 0 spiro atoms. The summed E-state index contributed by atoms with van der Waals surface area (Å²) >= 11 is 0. The Morgan fingerprint density at radius 2 is 2.30 bits per heavy atom. The quantitative estimate of drug-likeness (QED) is 0.805. The van der Waals surface area contributed by atoms with Gasteiger partial charge in [0.2, 0.25) is 0 Å². The smallest absolute Gasteiger partial charge is 0.273 e. The lowest BCUT2D eigenvalue weighted by atomic mass is 10.1. The van der Waals surface area contributed by atoms with E-state index in [4.69, 9.17) is 5.73 Å². The van der Waals surface area contributed by atoms with Crippen molar-refractivity contribution in [1.82, 2.24) is 9.78 Å². The highest BCUT2D eigenvalue weighted by Gasteiger charge is 2.12. The molecule has 1 aromatic heterocycles. The van der Waals surface area contributed by atoms with Gasteiger partial charge in [-0.05, 0) is 24.3 Å². The summed E-state index contributed by atoms with van der Waals surface area (Å²) in [6.07, 6.45) is 1.52. The van der Waals surface area contributed by atoms with Gasteiger partial charge in [0, 0.05) is 13.2 Å². The second-order valence-electron chi connectivity index (χ2n) is 3.99. The first-order valence-corrected chi connectivity index (χ1v) is 5.89. The standard InChI is InChI=1S/C14H13FN4O/c1-19-13(6-8-17-19)14(20)18-12-5-4-11(15)9-10(12)3-2-7-16/h4-6,8-9H,7,16H2,1H3,(H,18,20). The predicted octanol–water partition coefficient (Wildman–Crippen LogP) is 1.12. The normalized spacial score (nSPS) is 9.75. The van der Waals surface area contributed by atoms with Gasteiger partial charge in [-0.15, -0.1) is 0 Å². The third kappa shape index (κ3) is 3.02. The van der Waals surface area contributed by atoms with Crippen LogP contribution < -0.4 is 11.1 Å². The fourth-order valence-corrected chi connectivity index (χ4v) is 1.66. The molecule has 0 saturated carbocycles. The third-order valence-corrected chi connectivity index (χ3v) is 2.61. The Kier molecular flexibility index (Phi) is 4.13. The second-order valence-corrected chi connectivity index (χ2v) is 3.99. The van der Waals surface area contributed by atoms with Crippen LogP contribution in [0.1, 0.15) is 16.1 Å². The van der Waals surface area contributed by atoms with Crippen LogP contribution in [0.4, 0.5) is 10.1 Å². The summed E-state index contributed by atoms with van der Waals surface area (Å²) in [5.74, 6) is 4.59. The van der Waals surface area contributed by atoms with E-state index in [-0.39, 0.29) is 12.5 Å². The zero-order chi connectivity index (χ0) is 14.5. The van der Waals surface area contributed by atoms with Gasteiger partial charge in [0.15, 0.2) is 0 Å². The van der Waals surface area contributed by atoms with Gasteiger partial charge in [0.05, 0.1) is 17.8 Å². The van der Waals surface area contributed by atoms with E-state index >= 15 is 0 Å². The van der Waals surface area contributed by atoms with Gasteiger partial charge in [-0.3, -0.25) is 9.48 Å². The lowest BCUT2D eigenvalue weighted by Crippen LogP contribution is -2.16. The number of aryl methyl sites for hydroxylation is 1. The van der Waals surface area contributed by atoms with Gasteiger partial charge in [-0.1, -0.05) is 11.8 Å². The van der Waals surface area contributed by atoms with E-state index in [1.54, 1.807) is 13.1 Å². The number of rotatable bonds is 2. The molecule has 1 heterocycles. The van der Waals surface area contributed by atoms with Gasteiger partial charge >= 0.3 is 0 Å². The Hall–Kier alpha value is -2.65. The number of nitrogens with two attached hydrogens (primary N) is 1. The number of nitrogens with one attached hydrogen (secondary N) is 1. The van der Waals surface area contributed by atoms with Gasteiger partial charge in [-0.2, -0.15) is 5.10 Å². The number of benzene rings is 1. The van der Waals surface area contributed by atoms with Gasteiger partial charge < -0.3 is 11.1 Å². The van der Waals surface area contributed by atoms with E-state index in [9.17, 15) is 9.18 Å². The minimum atomic E-state index is -0.426. The van der Waals surface area contributed by atoms with Gasteiger partial charge in [0.25, 0.3) is 5.91 Å². The van der Waals surface area contributed by atoms with Crippen LogP contribution in [0.3, 0.4) is 0 Å². The molecule has 0 bridgehead atoms. The summed E-state index contributed by atoms with van der Waals surface area (Å²) in [7, 11) is 1.66. The number of nitrogens with zero attached hydrogens (tertiary/aromatic N) is 2. The SMILES string of the molecule is Cn1nccc1C(=O)Nc1ccc(F)cc1C#CCN. The molecule has 0 unspecified atom stereocenters. The van der Waals surface area contributed by atoms with Gasteiger partial charge in [0.1, 0.15) is 11.5 Å². The summed E-state index contributed by atoms with van der Waals surface area (Å²) in [4.78, 5) is 12.1. The van der Waals surface area contributed by atoms with E-state index in [0.29, 0.717) is 16.9 Å². The lowest BCUT2D eigenvalue weighted by molar-refractivity contribution is 0.101. The average molecular weight is 272 g/mol. The fourth-order valence-electron chi connectivity index (χ4n) is 1.66. The molecule has 0 atom stereocenters. The number of halogens is 1. The third-order valence-electron chi connectivity index (χ3n) is 2.61. The molecule has 0 aliphatic rings. The Balaban J connectivity index is 2.29. The Bertz CT molecular complexity index is 697. The Morgan fingerprint density at radius 1 is 1.50 bits per heavy atom. The molecule has 0 aliphatic carbocycles. The number of anilines is 1. The zero-order valence-electron chi connectivity index (χ0n) is 10.9. The molecule has 0 aliphatic heterocycles. The maximum Gasteiger partial charge on any atom is 0.273 e. The first-order valence-electron chi connectivity index (χ1n) is 5.89. The topological polar surface area (TPSA) is 72.9 Å². The first kappa shape index (κ1) is 13.8. The van der Waals surface area contributed by atoms with E-state index < -0.39 is 5.82 Å². The summed E-state index contributed by atoms with van der Waals surface area (Å²) in [5.41, 5.74) is 6.50. The van der Waals surface area contributed by atoms with Crippen LogP contribution >= 0.6 is 0 Å². The largest absolute Gasteiger partial charge is 0.320 e. The lowest BCUT2D eigenvalue weighted by Gasteiger charge is -2.07. The number of hydrogen-bond donors (Lipinski definition) is 2. The molecule has 0 fully saturated rings. The zero-order valence-corrected chi connectivity index (χ0v) is 10.9. The maximum atomic E-state index is 13.2. The summed E-state index contributed by atoms with van der Waals surface area (Å²) in [6.45, 7) is 0.158. The number of amides is 1. The summed E-state index contributed by atoms with van der Waals surface area (Å²) < 4.78 is 14.7. The second kappa shape index (κ2) is 5.99. The highest BCUT2D eigenvalue weighted by Crippen LogP contribution is 2.17. The first-order chi connectivity index (χ1) is 9.61. The van der Waals surface area contributed by atoms with Crippen molar-refractivity contribution in [2.45, 2.75) is 0 Å². The highest BCUT2D eigenvalue weighted by molar-refractivity contribution is 6.03. The molecule has 1 amide bonds. The van der Waals surface area contributed by atoms with Crippen molar-refractivity contribution in [2.75, 3.05) is 11.9 Å². The van der Waals surface area contributed by atoms with Crippen LogP contribution in [-0.4, -0.2) is 22.2 Å². The van der Waals surface area contributed by atoms with Crippen molar-refractivity contribution in [2.24, 2.45) is 12.8 Å². The molecule has 0 saturated heterocycles.